The fourth-order valence-electron chi connectivity index (χ4n) is 4.56. The fourth-order valence-corrected chi connectivity index (χ4v) is 4.56. The average molecular weight is 531 g/mol. The number of carbonyl (C=O) groups excluding carboxylic acids is 2. The highest BCUT2D eigenvalue weighted by atomic mass is 19.3. The van der Waals surface area contributed by atoms with Gasteiger partial charge in [0.2, 0.25) is 0 Å². The second-order valence-corrected chi connectivity index (χ2v) is 10.0. The quantitative estimate of drug-likeness (QED) is 0.456. The van der Waals surface area contributed by atoms with E-state index < -0.39 is 30.3 Å². The largest absolute Gasteiger partial charge is 0.494 e. The number of rotatable bonds is 9. The monoisotopic (exact) mass is 530 g/mol. The number of hydrogen-bond donors (Lipinski definition) is 3. The summed E-state index contributed by atoms with van der Waals surface area (Å²) >= 11 is 0. The second-order valence-electron chi connectivity index (χ2n) is 10.0. The van der Waals surface area contributed by atoms with Gasteiger partial charge in [0, 0.05) is 56.2 Å². The minimum absolute atomic E-state index is 0.00544. The van der Waals surface area contributed by atoms with E-state index in [2.05, 4.69) is 22.5 Å². The Balaban J connectivity index is 1.42. The fraction of sp³-hybridized carbons (Fsp3) is 0.481. The molecule has 2 fully saturated rings. The smallest absolute Gasteiger partial charge is 0.407 e. The number of pyridine rings is 1. The Hall–Kier alpha value is -3.76. The van der Waals surface area contributed by atoms with Crippen molar-refractivity contribution >= 4 is 17.9 Å². The van der Waals surface area contributed by atoms with E-state index in [1.807, 2.05) is 6.07 Å². The minimum atomic E-state index is -2.94. The van der Waals surface area contributed by atoms with E-state index in [0.717, 1.165) is 16.9 Å². The maximum absolute atomic E-state index is 14.3. The molecule has 0 spiro atoms. The number of ether oxygens (including phenoxy) is 1. The molecule has 1 aromatic heterocycles. The highest BCUT2D eigenvalue weighted by Crippen LogP contribution is 2.35. The van der Waals surface area contributed by atoms with Crippen LogP contribution in [0, 0.1) is 11.8 Å². The first kappa shape index (κ1) is 27.3. The SMILES string of the molecule is CNC(=O)c1cc(C(=O)N[C@H]2C[C@@H]2C)cc(Cc2cccc(OCCC3CN(C(=O)O)CCC3(F)F)c2)n1. The van der Waals surface area contributed by atoms with Gasteiger partial charge in [0.1, 0.15) is 11.4 Å². The minimum Gasteiger partial charge on any atom is -0.494 e. The summed E-state index contributed by atoms with van der Waals surface area (Å²) in [6.45, 7) is 1.65. The molecule has 1 saturated carbocycles. The number of likely N-dealkylation sites (tertiary alicyclic amines) is 1. The van der Waals surface area contributed by atoms with Crippen LogP contribution in [-0.4, -0.2) is 71.6 Å². The van der Waals surface area contributed by atoms with Crippen LogP contribution in [-0.2, 0) is 6.42 Å². The Morgan fingerprint density at radius 3 is 2.66 bits per heavy atom. The summed E-state index contributed by atoms with van der Waals surface area (Å²) in [5.41, 5.74) is 1.80. The zero-order valence-corrected chi connectivity index (χ0v) is 21.4. The highest BCUT2D eigenvalue weighted by molar-refractivity contribution is 5.98. The van der Waals surface area contributed by atoms with E-state index in [1.165, 1.54) is 13.1 Å². The Kier molecular flexibility index (Phi) is 8.13. The predicted octanol–water partition coefficient (Wildman–Crippen LogP) is 3.57. The van der Waals surface area contributed by atoms with Gasteiger partial charge in [-0.1, -0.05) is 19.1 Å². The van der Waals surface area contributed by atoms with Gasteiger partial charge in [-0.15, -0.1) is 0 Å². The molecule has 4 rings (SSSR count). The van der Waals surface area contributed by atoms with Crippen LogP contribution in [0.3, 0.4) is 0 Å². The number of halogens is 2. The number of amides is 3. The van der Waals surface area contributed by atoms with E-state index in [4.69, 9.17) is 9.84 Å². The predicted molar refractivity (Wildman–Crippen MR) is 135 cm³/mol. The second kappa shape index (κ2) is 11.3. The molecule has 2 aromatic rings. The lowest BCUT2D eigenvalue weighted by Crippen LogP contribution is -2.49. The summed E-state index contributed by atoms with van der Waals surface area (Å²) in [4.78, 5) is 41.6. The van der Waals surface area contributed by atoms with Crippen molar-refractivity contribution in [3.63, 3.8) is 0 Å². The number of aromatic nitrogens is 1. The summed E-state index contributed by atoms with van der Waals surface area (Å²) in [6.07, 6.45) is -0.447. The summed E-state index contributed by atoms with van der Waals surface area (Å²) < 4.78 is 34.3. The van der Waals surface area contributed by atoms with Crippen molar-refractivity contribution in [2.75, 3.05) is 26.7 Å². The Morgan fingerprint density at radius 1 is 1.21 bits per heavy atom. The van der Waals surface area contributed by atoms with Crippen LogP contribution in [0.25, 0.3) is 0 Å². The highest BCUT2D eigenvalue weighted by Gasteiger charge is 2.44. The molecule has 1 aliphatic carbocycles. The van der Waals surface area contributed by atoms with E-state index in [9.17, 15) is 23.2 Å². The van der Waals surface area contributed by atoms with Gasteiger partial charge >= 0.3 is 6.09 Å². The molecule has 1 aromatic carbocycles. The lowest BCUT2D eigenvalue weighted by Gasteiger charge is -2.36. The zero-order valence-electron chi connectivity index (χ0n) is 21.4. The molecular formula is C27H32F2N4O5. The maximum Gasteiger partial charge on any atom is 0.407 e. The number of hydrogen-bond acceptors (Lipinski definition) is 5. The average Bonchev–Trinajstić information content (AvgIpc) is 3.58. The number of piperidine rings is 1. The molecule has 204 valence electrons. The molecule has 3 atom stereocenters. The van der Waals surface area contributed by atoms with Crippen LogP contribution >= 0.6 is 0 Å². The molecule has 1 aliphatic heterocycles. The molecule has 0 radical (unpaired) electrons. The van der Waals surface area contributed by atoms with Crippen LogP contribution in [0.1, 0.15) is 58.3 Å². The van der Waals surface area contributed by atoms with Gasteiger partial charge in [0.25, 0.3) is 17.7 Å². The van der Waals surface area contributed by atoms with Crippen LogP contribution in [0.5, 0.6) is 5.75 Å². The topological polar surface area (TPSA) is 121 Å². The molecule has 1 unspecified atom stereocenters. The molecule has 11 heteroatoms. The number of carboxylic acid groups (broad SMARTS) is 1. The molecule has 3 N–H and O–H groups in total. The summed E-state index contributed by atoms with van der Waals surface area (Å²) in [6, 6.07) is 10.3. The number of nitrogens with zero attached hydrogens (tertiary/aromatic N) is 2. The van der Waals surface area contributed by atoms with Crippen molar-refractivity contribution in [2.45, 2.75) is 44.6 Å². The van der Waals surface area contributed by atoms with Crippen LogP contribution in [0.4, 0.5) is 13.6 Å². The Labute approximate surface area is 219 Å². The number of alkyl halides is 2. The normalized spacial score (nSPS) is 21.9. The first-order valence-electron chi connectivity index (χ1n) is 12.7. The number of carbonyl (C=O) groups is 3. The summed E-state index contributed by atoms with van der Waals surface area (Å²) in [7, 11) is 1.49. The summed E-state index contributed by atoms with van der Waals surface area (Å²) in [5, 5.41) is 14.6. The van der Waals surface area contributed by atoms with Crippen molar-refractivity contribution in [1.82, 2.24) is 20.5 Å². The van der Waals surface area contributed by atoms with E-state index in [0.29, 0.717) is 29.3 Å². The molecule has 1 saturated heterocycles. The third kappa shape index (κ3) is 6.76. The van der Waals surface area contributed by atoms with E-state index >= 15 is 0 Å². The zero-order chi connectivity index (χ0) is 27.4. The van der Waals surface area contributed by atoms with Crippen LogP contribution in [0.2, 0.25) is 0 Å². The molecule has 0 bridgehead atoms. The van der Waals surface area contributed by atoms with Crippen molar-refractivity contribution in [1.29, 1.82) is 0 Å². The van der Waals surface area contributed by atoms with Crippen molar-refractivity contribution in [3.05, 3.63) is 58.9 Å². The lowest BCUT2D eigenvalue weighted by molar-refractivity contribution is -0.105. The standard InChI is InChI=1S/C27H32F2N4O5/c1-16-10-22(16)32-24(34)18-13-20(31-23(14-18)25(35)30-2)11-17-4-3-5-21(12-17)38-9-6-19-15-33(26(36)37)8-7-27(19,28)29/h3-5,12-14,16,19,22H,6-11,15H2,1-2H3,(H,30,35)(H,32,34)(H,36,37)/t16-,19?,22-/m0/s1. The molecule has 2 heterocycles. The van der Waals surface area contributed by atoms with Gasteiger partial charge in [0.05, 0.1) is 6.61 Å². The molecular weight excluding hydrogens is 498 g/mol. The first-order valence-corrected chi connectivity index (χ1v) is 12.7. The molecule has 38 heavy (non-hydrogen) atoms. The third-order valence-corrected chi connectivity index (χ3v) is 7.07. The molecule has 2 aliphatic rings. The van der Waals surface area contributed by atoms with Gasteiger partial charge in [-0.3, -0.25) is 9.59 Å². The van der Waals surface area contributed by atoms with Crippen molar-refractivity contribution < 1.29 is 33.0 Å². The summed E-state index contributed by atoms with van der Waals surface area (Å²) in [5.74, 6) is -3.82. The first-order chi connectivity index (χ1) is 18.1. The van der Waals surface area contributed by atoms with Crippen molar-refractivity contribution in [3.8, 4) is 5.75 Å². The van der Waals surface area contributed by atoms with E-state index in [-0.39, 0.29) is 43.8 Å². The Morgan fingerprint density at radius 2 is 1.97 bits per heavy atom. The lowest BCUT2D eigenvalue weighted by atomic mass is 9.91. The third-order valence-electron chi connectivity index (χ3n) is 7.07. The van der Waals surface area contributed by atoms with Gasteiger partial charge in [-0.05, 0) is 48.6 Å². The van der Waals surface area contributed by atoms with Crippen molar-refractivity contribution in [2.24, 2.45) is 11.8 Å². The van der Waals surface area contributed by atoms with Gasteiger partial charge < -0.3 is 25.4 Å². The number of benzene rings is 1. The molecule has 3 amide bonds. The number of nitrogens with one attached hydrogen (secondary N) is 2. The molecule has 9 nitrogen and oxygen atoms in total. The van der Waals surface area contributed by atoms with Gasteiger partial charge in [-0.25, -0.2) is 18.6 Å². The van der Waals surface area contributed by atoms with Gasteiger partial charge in [-0.2, -0.15) is 0 Å². The van der Waals surface area contributed by atoms with Crippen LogP contribution < -0.4 is 15.4 Å². The Bertz CT molecular complexity index is 1210. The van der Waals surface area contributed by atoms with Crippen LogP contribution in [0.15, 0.2) is 36.4 Å². The van der Waals surface area contributed by atoms with E-state index in [1.54, 1.807) is 24.3 Å². The maximum atomic E-state index is 14.3. The van der Waals surface area contributed by atoms with Gasteiger partial charge in [0.15, 0.2) is 0 Å².